The van der Waals surface area contributed by atoms with Crippen LogP contribution in [0.15, 0.2) is 30.0 Å². The minimum absolute atomic E-state index is 0.0881. The Morgan fingerprint density at radius 2 is 1.75 bits per heavy atom. The highest BCUT2D eigenvalue weighted by Gasteiger charge is 2.31. The molecule has 7 nitrogen and oxygen atoms in total. The number of allylic oxidation sites excluding steroid dienone is 1. The Balaban J connectivity index is 2.07. The van der Waals surface area contributed by atoms with E-state index in [1.165, 1.54) is 27.4 Å². The Morgan fingerprint density at radius 3 is 2.36 bits per heavy atom. The number of phenols is 1. The number of hydrogen-bond donors (Lipinski definition) is 1. The van der Waals surface area contributed by atoms with Gasteiger partial charge in [0.1, 0.15) is 11.5 Å². The molecular formula is C21H23NO6. The fourth-order valence-electron chi connectivity index (χ4n) is 3.15. The number of ether oxygens (including phenoxy) is 4. The third kappa shape index (κ3) is 3.36. The first-order valence-electron chi connectivity index (χ1n) is 8.64. The van der Waals surface area contributed by atoms with Crippen molar-refractivity contribution < 1.29 is 28.8 Å². The zero-order valence-electron chi connectivity index (χ0n) is 16.5. The van der Waals surface area contributed by atoms with Gasteiger partial charge in [-0.25, -0.2) is 0 Å². The number of ketones is 1. The first-order valence-corrected chi connectivity index (χ1v) is 8.64. The van der Waals surface area contributed by atoms with Crippen LogP contribution in [0.25, 0.3) is 6.08 Å². The molecule has 28 heavy (non-hydrogen) atoms. The monoisotopic (exact) mass is 385 g/mol. The number of benzene rings is 2. The van der Waals surface area contributed by atoms with E-state index >= 15 is 0 Å². The topological polar surface area (TPSA) is 77.5 Å². The van der Waals surface area contributed by atoms with Gasteiger partial charge in [0.05, 0.1) is 32.5 Å². The van der Waals surface area contributed by atoms with Crippen molar-refractivity contribution in [1.82, 2.24) is 4.90 Å². The summed E-state index contributed by atoms with van der Waals surface area (Å²) in [7, 11) is 8.31. The maximum Gasteiger partial charge on any atom is 0.231 e. The van der Waals surface area contributed by atoms with Crippen LogP contribution in [0.1, 0.15) is 21.5 Å². The first-order chi connectivity index (χ1) is 13.4. The number of carbonyl (C=O) groups excluding carboxylic acids is 1. The maximum absolute atomic E-state index is 12.8. The van der Waals surface area contributed by atoms with Crippen molar-refractivity contribution in [3.8, 4) is 28.7 Å². The van der Waals surface area contributed by atoms with Crippen LogP contribution in [0.5, 0.6) is 28.7 Å². The molecule has 0 bridgehead atoms. The number of phenolic OH excluding ortho intramolecular Hbond substituents is 1. The van der Waals surface area contributed by atoms with Gasteiger partial charge in [-0.05, 0) is 44.4 Å². The van der Waals surface area contributed by atoms with Gasteiger partial charge in [0, 0.05) is 12.1 Å². The van der Waals surface area contributed by atoms with Crippen molar-refractivity contribution in [2.24, 2.45) is 0 Å². The van der Waals surface area contributed by atoms with E-state index in [0.29, 0.717) is 46.2 Å². The highest BCUT2D eigenvalue weighted by atomic mass is 16.5. The molecule has 0 saturated heterocycles. The summed E-state index contributed by atoms with van der Waals surface area (Å²) < 4.78 is 22.0. The Morgan fingerprint density at radius 1 is 1.04 bits per heavy atom. The van der Waals surface area contributed by atoms with Crippen LogP contribution in [0.3, 0.4) is 0 Å². The number of fused-ring (bicyclic) bond motifs is 1. The second kappa shape index (κ2) is 7.82. The van der Waals surface area contributed by atoms with Crippen molar-refractivity contribution in [2.75, 3.05) is 35.4 Å². The molecule has 0 amide bonds. The Hall–Kier alpha value is -3.19. The SMILES string of the molecule is COc1ccc(/C=C2\Oc3c(ccc(O)c3CN(C)C)C2=O)c(OC)c1OC. The summed E-state index contributed by atoms with van der Waals surface area (Å²) in [5.74, 6) is 1.72. The molecule has 1 aliphatic rings. The zero-order chi connectivity index (χ0) is 20.4. The lowest BCUT2D eigenvalue weighted by Gasteiger charge is -2.15. The first kappa shape index (κ1) is 19.6. The molecule has 7 heteroatoms. The van der Waals surface area contributed by atoms with Crippen LogP contribution >= 0.6 is 0 Å². The Kier molecular flexibility index (Phi) is 5.46. The van der Waals surface area contributed by atoms with Crippen LogP contribution < -0.4 is 18.9 Å². The molecule has 0 atom stereocenters. The summed E-state index contributed by atoms with van der Waals surface area (Å²) in [6.45, 7) is 0.440. The minimum Gasteiger partial charge on any atom is -0.507 e. The quantitative estimate of drug-likeness (QED) is 0.766. The lowest BCUT2D eigenvalue weighted by Crippen LogP contribution is -2.11. The Bertz CT molecular complexity index is 948. The number of hydrogen-bond acceptors (Lipinski definition) is 7. The molecule has 0 fully saturated rings. The fraction of sp³-hybridized carbons (Fsp3) is 0.286. The van der Waals surface area contributed by atoms with E-state index < -0.39 is 0 Å². The normalized spacial score (nSPS) is 14.2. The predicted octanol–water partition coefficient (Wildman–Crippen LogP) is 3.10. The number of carbonyl (C=O) groups is 1. The number of Topliss-reactive ketones (excluding diaryl/α,β-unsaturated/α-hetero) is 1. The predicted molar refractivity (Wildman–Crippen MR) is 105 cm³/mol. The van der Waals surface area contributed by atoms with Crippen molar-refractivity contribution in [1.29, 1.82) is 0 Å². The summed E-state index contributed by atoms with van der Waals surface area (Å²) in [4.78, 5) is 14.7. The highest BCUT2D eigenvalue weighted by molar-refractivity contribution is 6.15. The van der Waals surface area contributed by atoms with E-state index in [2.05, 4.69) is 0 Å². The molecule has 0 aromatic heterocycles. The smallest absolute Gasteiger partial charge is 0.231 e. The standard InChI is InChI=1S/C21H23NO6/c1-22(2)11-14-15(23)8-7-13-18(24)17(28-20(13)14)10-12-6-9-16(25-3)21(27-5)19(12)26-4/h6-10,23H,11H2,1-5H3/b17-10-. The van der Waals surface area contributed by atoms with Gasteiger partial charge in [0.25, 0.3) is 0 Å². The van der Waals surface area contributed by atoms with Gasteiger partial charge < -0.3 is 29.0 Å². The largest absolute Gasteiger partial charge is 0.507 e. The lowest BCUT2D eigenvalue weighted by molar-refractivity contribution is 0.101. The summed E-state index contributed by atoms with van der Waals surface area (Å²) in [6, 6.07) is 6.56. The molecule has 0 saturated carbocycles. The van der Waals surface area contributed by atoms with Crippen molar-refractivity contribution >= 4 is 11.9 Å². The van der Waals surface area contributed by atoms with E-state index in [1.807, 2.05) is 19.0 Å². The molecule has 2 aromatic rings. The fourth-order valence-corrected chi connectivity index (χ4v) is 3.15. The summed E-state index contributed by atoms with van der Waals surface area (Å²) in [5, 5.41) is 10.2. The molecule has 2 aromatic carbocycles. The molecule has 0 radical (unpaired) electrons. The molecule has 1 aliphatic heterocycles. The minimum atomic E-state index is -0.258. The van der Waals surface area contributed by atoms with Crippen LogP contribution in [-0.2, 0) is 6.54 Å². The molecule has 1 N–H and O–H groups in total. The highest BCUT2D eigenvalue weighted by Crippen LogP contribution is 2.43. The summed E-state index contributed by atoms with van der Waals surface area (Å²) in [6.07, 6.45) is 1.60. The van der Waals surface area contributed by atoms with Gasteiger partial charge in [-0.1, -0.05) is 0 Å². The number of aromatic hydroxyl groups is 1. The van der Waals surface area contributed by atoms with Crippen molar-refractivity contribution in [3.63, 3.8) is 0 Å². The molecule has 148 valence electrons. The average molecular weight is 385 g/mol. The van der Waals surface area contributed by atoms with Gasteiger partial charge >= 0.3 is 0 Å². The molecule has 1 heterocycles. The maximum atomic E-state index is 12.8. The zero-order valence-corrected chi connectivity index (χ0v) is 16.5. The van der Waals surface area contributed by atoms with Crippen molar-refractivity contribution in [3.05, 3.63) is 46.7 Å². The number of nitrogens with zero attached hydrogens (tertiary/aromatic N) is 1. The number of rotatable bonds is 6. The van der Waals surface area contributed by atoms with Gasteiger partial charge in [0.2, 0.25) is 11.5 Å². The van der Waals surface area contributed by atoms with E-state index in [-0.39, 0.29) is 17.3 Å². The average Bonchev–Trinajstić information content (AvgIpc) is 2.99. The van der Waals surface area contributed by atoms with Crippen LogP contribution in [0.2, 0.25) is 0 Å². The third-order valence-electron chi connectivity index (χ3n) is 4.41. The second-order valence-electron chi connectivity index (χ2n) is 6.54. The van der Waals surface area contributed by atoms with E-state index in [9.17, 15) is 9.90 Å². The number of methoxy groups -OCH3 is 3. The van der Waals surface area contributed by atoms with Gasteiger partial charge in [0.15, 0.2) is 17.3 Å². The molecule has 0 aliphatic carbocycles. The summed E-state index contributed by atoms with van der Waals surface area (Å²) in [5.41, 5.74) is 1.59. The van der Waals surface area contributed by atoms with Crippen molar-refractivity contribution in [2.45, 2.75) is 6.54 Å². The van der Waals surface area contributed by atoms with Crippen LogP contribution in [0.4, 0.5) is 0 Å². The lowest BCUT2D eigenvalue weighted by atomic mass is 10.0. The molecule has 3 rings (SSSR count). The van der Waals surface area contributed by atoms with Crippen LogP contribution in [0, 0.1) is 0 Å². The van der Waals surface area contributed by atoms with E-state index in [0.717, 1.165) is 0 Å². The van der Waals surface area contributed by atoms with E-state index in [1.54, 1.807) is 24.3 Å². The van der Waals surface area contributed by atoms with E-state index in [4.69, 9.17) is 18.9 Å². The van der Waals surface area contributed by atoms with Gasteiger partial charge in [-0.2, -0.15) is 0 Å². The molecular weight excluding hydrogens is 362 g/mol. The van der Waals surface area contributed by atoms with Gasteiger partial charge in [-0.15, -0.1) is 0 Å². The molecule has 0 unspecified atom stereocenters. The van der Waals surface area contributed by atoms with Crippen LogP contribution in [-0.4, -0.2) is 51.2 Å². The second-order valence-corrected chi connectivity index (χ2v) is 6.54. The summed E-state index contributed by atoms with van der Waals surface area (Å²) >= 11 is 0. The Labute approximate surface area is 163 Å². The molecule has 0 spiro atoms. The van der Waals surface area contributed by atoms with Gasteiger partial charge in [-0.3, -0.25) is 4.79 Å². The third-order valence-corrected chi connectivity index (χ3v) is 4.41.